The highest BCUT2D eigenvalue weighted by molar-refractivity contribution is 8.00. The van der Waals surface area contributed by atoms with Gasteiger partial charge in [-0.05, 0) is 57.9 Å². The number of aromatic amines is 1. The summed E-state index contributed by atoms with van der Waals surface area (Å²) in [5.74, 6) is 0.865. The van der Waals surface area contributed by atoms with Gasteiger partial charge in [0.25, 0.3) is 11.1 Å². The van der Waals surface area contributed by atoms with Crippen molar-refractivity contribution in [2.75, 3.05) is 0 Å². The van der Waals surface area contributed by atoms with E-state index in [9.17, 15) is 9.59 Å². The number of aromatic nitrogens is 3. The molecule has 0 fully saturated rings. The van der Waals surface area contributed by atoms with E-state index in [0.29, 0.717) is 33.6 Å². The van der Waals surface area contributed by atoms with E-state index in [0.717, 1.165) is 11.3 Å². The topological polar surface area (TPSA) is 98.1 Å². The fourth-order valence-electron chi connectivity index (χ4n) is 3.13. The molecular weight excluding hydrogens is 390 g/mol. The molecule has 0 saturated carbocycles. The van der Waals surface area contributed by atoms with Crippen molar-refractivity contribution in [2.45, 2.75) is 51.7 Å². The number of ether oxygens (including phenoxy) is 1. The monoisotopic (exact) mass is 413 g/mol. The maximum atomic E-state index is 12.8. The Bertz CT molecular complexity index is 1050. The van der Waals surface area contributed by atoms with Crippen LogP contribution in [0.15, 0.2) is 33.9 Å². The van der Waals surface area contributed by atoms with Gasteiger partial charge in [0.15, 0.2) is 18.2 Å². The number of ketones is 2. The minimum absolute atomic E-state index is 0.0641. The number of hydrogen-bond donors (Lipinski definition) is 1. The van der Waals surface area contributed by atoms with E-state index in [1.54, 1.807) is 20.8 Å². The van der Waals surface area contributed by atoms with Crippen LogP contribution in [-0.4, -0.2) is 32.0 Å². The van der Waals surface area contributed by atoms with E-state index in [2.05, 4.69) is 15.2 Å². The summed E-state index contributed by atoms with van der Waals surface area (Å²) in [5, 5.41) is 7.79. The van der Waals surface area contributed by atoms with Gasteiger partial charge in [0.1, 0.15) is 5.75 Å². The molecule has 2 aromatic heterocycles. The summed E-state index contributed by atoms with van der Waals surface area (Å²) in [6, 6.07) is 7.67. The Labute approximate surface area is 173 Å². The SMILES string of the molecule is CC(=O)c1c(C)[nH]c(C(=O)[C@@H](C)Sc2nnc(COc3cccc(C)c3)o2)c1C. The summed E-state index contributed by atoms with van der Waals surface area (Å²) in [5.41, 5.74) is 3.47. The van der Waals surface area contributed by atoms with Crippen LogP contribution >= 0.6 is 11.8 Å². The molecule has 2 heterocycles. The van der Waals surface area contributed by atoms with Crippen LogP contribution in [0.25, 0.3) is 0 Å². The van der Waals surface area contributed by atoms with E-state index in [1.165, 1.54) is 18.7 Å². The normalized spacial score (nSPS) is 12.0. The highest BCUT2D eigenvalue weighted by Crippen LogP contribution is 2.27. The van der Waals surface area contributed by atoms with Crippen LogP contribution in [-0.2, 0) is 6.61 Å². The van der Waals surface area contributed by atoms with Crippen molar-refractivity contribution in [3.63, 3.8) is 0 Å². The number of Topliss-reactive ketones (excluding diaryl/α,β-unsaturated/α-hetero) is 2. The molecule has 0 radical (unpaired) electrons. The fraction of sp³-hybridized carbons (Fsp3) is 0.333. The van der Waals surface area contributed by atoms with Gasteiger partial charge >= 0.3 is 0 Å². The van der Waals surface area contributed by atoms with Crippen molar-refractivity contribution in [3.8, 4) is 5.75 Å². The molecule has 0 spiro atoms. The minimum Gasteiger partial charge on any atom is -0.484 e. The van der Waals surface area contributed by atoms with Crippen LogP contribution in [0.5, 0.6) is 5.75 Å². The van der Waals surface area contributed by atoms with Gasteiger partial charge in [-0.1, -0.05) is 23.9 Å². The average Bonchev–Trinajstić information content (AvgIpc) is 3.23. The zero-order valence-electron chi connectivity index (χ0n) is 17.0. The predicted octanol–water partition coefficient (Wildman–Crippen LogP) is 4.47. The fourth-order valence-corrected chi connectivity index (χ4v) is 3.89. The highest BCUT2D eigenvalue weighted by atomic mass is 32.2. The van der Waals surface area contributed by atoms with Crippen molar-refractivity contribution in [1.82, 2.24) is 15.2 Å². The lowest BCUT2D eigenvalue weighted by Gasteiger charge is -2.07. The minimum atomic E-state index is -0.461. The number of thioether (sulfide) groups is 1. The zero-order chi connectivity index (χ0) is 21.1. The molecule has 3 rings (SSSR count). The molecule has 7 nitrogen and oxygen atoms in total. The van der Waals surface area contributed by atoms with E-state index >= 15 is 0 Å². The number of nitrogens with zero attached hydrogens (tertiary/aromatic N) is 2. The van der Waals surface area contributed by atoms with Gasteiger partial charge in [-0.25, -0.2) is 0 Å². The van der Waals surface area contributed by atoms with Crippen molar-refractivity contribution in [2.24, 2.45) is 0 Å². The largest absolute Gasteiger partial charge is 0.484 e. The van der Waals surface area contributed by atoms with Gasteiger partial charge in [0.05, 0.1) is 10.9 Å². The molecule has 152 valence electrons. The molecule has 29 heavy (non-hydrogen) atoms. The van der Waals surface area contributed by atoms with Crippen LogP contribution < -0.4 is 4.74 Å². The maximum Gasteiger partial charge on any atom is 0.277 e. The molecule has 1 N–H and O–H groups in total. The first kappa shape index (κ1) is 20.9. The Morgan fingerprint density at radius 2 is 2.00 bits per heavy atom. The number of H-pyrrole nitrogens is 1. The lowest BCUT2D eigenvalue weighted by molar-refractivity contribution is 0.0988. The zero-order valence-corrected chi connectivity index (χ0v) is 17.8. The summed E-state index contributed by atoms with van der Waals surface area (Å²) < 4.78 is 11.2. The van der Waals surface area contributed by atoms with Gasteiger partial charge in [0.2, 0.25) is 0 Å². The second-order valence-corrected chi connectivity index (χ2v) is 8.16. The molecule has 0 aliphatic rings. The van der Waals surface area contributed by atoms with E-state index in [-0.39, 0.29) is 18.2 Å². The maximum absolute atomic E-state index is 12.8. The molecule has 8 heteroatoms. The first-order chi connectivity index (χ1) is 13.8. The Morgan fingerprint density at radius 1 is 1.24 bits per heavy atom. The van der Waals surface area contributed by atoms with Gasteiger partial charge < -0.3 is 14.1 Å². The molecule has 0 aliphatic carbocycles. The second kappa shape index (κ2) is 8.65. The molecule has 0 aliphatic heterocycles. The summed E-state index contributed by atoms with van der Waals surface area (Å²) in [7, 11) is 0. The smallest absolute Gasteiger partial charge is 0.277 e. The molecule has 0 unspecified atom stereocenters. The van der Waals surface area contributed by atoms with Crippen LogP contribution in [0.4, 0.5) is 0 Å². The van der Waals surface area contributed by atoms with Gasteiger partial charge in [-0.15, -0.1) is 10.2 Å². The van der Waals surface area contributed by atoms with Gasteiger partial charge in [-0.2, -0.15) is 0 Å². The summed E-state index contributed by atoms with van der Waals surface area (Å²) in [4.78, 5) is 27.7. The van der Waals surface area contributed by atoms with Crippen molar-refractivity contribution in [3.05, 3.63) is 58.2 Å². The lowest BCUT2D eigenvalue weighted by atomic mass is 10.0. The van der Waals surface area contributed by atoms with Gasteiger partial charge in [0, 0.05) is 11.3 Å². The van der Waals surface area contributed by atoms with Gasteiger partial charge in [-0.3, -0.25) is 9.59 Å². The third kappa shape index (κ3) is 4.76. The van der Waals surface area contributed by atoms with Crippen molar-refractivity contribution in [1.29, 1.82) is 0 Å². The molecule has 1 aromatic carbocycles. The number of rotatable bonds is 8. The third-order valence-electron chi connectivity index (χ3n) is 4.48. The molecule has 0 saturated heterocycles. The Hall–Kier alpha value is -2.87. The van der Waals surface area contributed by atoms with Crippen molar-refractivity contribution < 1.29 is 18.7 Å². The number of aryl methyl sites for hydroxylation is 2. The number of nitrogens with one attached hydrogen (secondary N) is 1. The third-order valence-corrected chi connectivity index (χ3v) is 5.42. The molecule has 0 amide bonds. The van der Waals surface area contributed by atoms with Crippen molar-refractivity contribution >= 4 is 23.3 Å². The first-order valence-electron chi connectivity index (χ1n) is 9.19. The van der Waals surface area contributed by atoms with Crippen LogP contribution in [0.1, 0.15) is 57.4 Å². The average molecular weight is 413 g/mol. The van der Waals surface area contributed by atoms with Crippen LogP contribution in [0, 0.1) is 20.8 Å². The second-order valence-electron chi connectivity index (χ2n) is 6.87. The molecule has 1 atom stereocenters. The Morgan fingerprint density at radius 3 is 2.66 bits per heavy atom. The Balaban J connectivity index is 1.64. The number of hydrogen-bond acceptors (Lipinski definition) is 7. The molecular formula is C21H23N3O4S. The Kier molecular flexibility index (Phi) is 6.22. The quantitative estimate of drug-likeness (QED) is 0.430. The lowest BCUT2D eigenvalue weighted by Crippen LogP contribution is -2.15. The summed E-state index contributed by atoms with van der Waals surface area (Å²) in [6.45, 7) is 8.96. The number of carbonyl (C=O) groups is 2. The van der Waals surface area contributed by atoms with E-state index < -0.39 is 5.25 Å². The molecule has 3 aromatic rings. The van der Waals surface area contributed by atoms with E-state index in [4.69, 9.17) is 9.15 Å². The summed E-state index contributed by atoms with van der Waals surface area (Å²) in [6.07, 6.45) is 0. The predicted molar refractivity (Wildman–Crippen MR) is 110 cm³/mol. The standard InChI is InChI=1S/C21H23N3O4S/c1-11-7-6-8-16(9-11)27-10-17-23-24-21(28-17)29-15(5)20(26)19-12(2)18(14(4)25)13(3)22-19/h6-9,15,22H,10H2,1-5H3/t15-/m1/s1. The molecule has 0 bridgehead atoms. The van der Waals surface area contributed by atoms with Crippen LogP contribution in [0.2, 0.25) is 0 Å². The number of carbonyl (C=O) groups excluding carboxylic acids is 2. The van der Waals surface area contributed by atoms with E-state index in [1.807, 2.05) is 31.2 Å². The number of benzene rings is 1. The highest BCUT2D eigenvalue weighted by Gasteiger charge is 2.25. The summed E-state index contributed by atoms with van der Waals surface area (Å²) >= 11 is 1.17. The van der Waals surface area contributed by atoms with Crippen LogP contribution in [0.3, 0.4) is 0 Å². The first-order valence-corrected chi connectivity index (χ1v) is 10.1.